The van der Waals surface area contributed by atoms with Gasteiger partial charge in [-0.05, 0) is 42.5 Å². The van der Waals surface area contributed by atoms with Crippen LogP contribution in [0.1, 0.15) is 24.0 Å². The van der Waals surface area contributed by atoms with Crippen molar-refractivity contribution in [2.75, 3.05) is 13.7 Å². The number of hydrogen-bond acceptors (Lipinski definition) is 3. The number of nitrogens with zero attached hydrogens (tertiary/aromatic N) is 1. The fourth-order valence-corrected chi connectivity index (χ4v) is 2.83. The summed E-state index contributed by atoms with van der Waals surface area (Å²) in [5.74, 6) is 0.536. The van der Waals surface area contributed by atoms with Crippen LogP contribution in [0.15, 0.2) is 48.5 Å². The smallest absolute Gasteiger partial charge is 0.317 e. The topological polar surface area (TPSA) is 61.8 Å². The zero-order chi connectivity index (χ0) is 17.6. The minimum atomic E-state index is -0.0366. The number of amides is 2. The van der Waals surface area contributed by atoms with E-state index in [-0.39, 0.29) is 11.8 Å². The largest absolute Gasteiger partial charge is 0.504 e. The molecule has 2 N–H and O–H groups in total. The van der Waals surface area contributed by atoms with E-state index in [0.717, 1.165) is 24.8 Å². The van der Waals surface area contributed by atoms with Crippen LogP contribution in [0.2, 0.25) is 0 Å². The van der Waals surface area contributed by atoms with Crippen molar-refractivity contribution >= 4 is 6.03 Å². The van der Waals surface area contributed by atoms with Crippen LogP contribution >= 0.6 is 0 Å². The number of benzene rings is 2. The molecule has 0 radical (unpaired) electrons. The molecule has 0 atom stereocenters. The van der Waals surface area contributed by atoms with Crippen LogP contribution in [0, 0.1) is 0 Å². The highest BCUT2D eigenvalue weighted by atomic mass is 16.5. The molecule has 1 aliphatic rings. The number of phenols is 1. The van der Waals surface area contributed by atoms with E-state index in [1.54, 1.807) is 12.1 Å². The summed E-state index contributed by atoms with van der Waals surface area (Å²) >= 11 is 0. The van der Waals surface area contributed by atoms with Crippen molar-refractivity contribution in [2.45, 2.75) is 31.8 Å². The third-order valence-corrected chi connectivity index (χ3v) is 4.38. The highest BCUT2D eigenvalue weighted by Gasteiger charge is 2.32. The first kappa shape index (κ1) is 17.1. The summed E-state index contributed by atoms with van der Waals surface area (Å²) in [6.07, 6.45) is 2.90. The highest BCUT2D eigenvalue weighted by Crippen LogP contribution is 2.31. The van der Waals surface area contributed by atoms with E-state index < -0.39 is 0 Å². The fourth-order valence-electron chi connectivity index (χ4n) is 2.83. The monoisotopic (exact) mass is 340 g/mol. The molecule has 1 aliphatic carbocycles. The maximum Gasteiger partial charge on any atom is 0.317 e. The maximum absolute atomic E-state index is 12.6. The Morgan fingerprint density at radius 2 is 1.96 bits per heavy atom. The quantitative estimate of drug-likeness (QED) is 0.813. The molecule has 0 unspecified atom stereocenters. The minimum absolute atomic E-state index is 0.0366. The van der Waals surface area contributed by atoms with Crippen LogP contribution in [-0.2, 0) is 13.0 Å². The van der Waals surface area contributed by atoms with Gasteiger partial charge in [0.1, 0.15) is 0 Å². The van der Waals surface area contributed by atoms with Gasteiger partial charge in [-0.3, -0.25) is 0 Å². The van der Waals surface area contributed by atoms with Gasteiger partial charge < -0.3 is 20.1 Å². The van der Waals surface area contributed by atoms with Gasteiger partial charge in [-0.2, -0.15) is 0 Å². The second-order valence-corrected chi connectivity index (χ2v) is 6.33. The maximum atomic E-state index is 12.6. The molecular weight excluding hydrogens is 316 g/mol. The zero-order valence-corrected chi connectivity index (χ0v) is 14.4. The molecule has 0 aliphatic heterocycles. The number of urea groups is 1. The van der Waals surface area contributed by atoms with Crippen LogP contribution in [0.3, 0.4) is 0 Å². The second-order valence-electron chi connectivity index (χ2n) is 6.33. The summed E-state index contributed by atoms with van der Waals surface area (Å²) < 4.78 is 5.15. The van der Waals surface area contributed by atoms with Crippen LogP contribution in [0.5, 0.6) is 11.5 Å². The number of phenolic OH excluding ortho intramolecular Hbond substituents is 1. The fraction of sp³-hybridized carbons (Fsp3) is 0.350. The number of carbonyl (C=O) groups is 1. The second kappa shape index (κ2) is 7.92. The van der Waals surface area contributed by atoms with Gasteiger partial charge in [0.25, 0.3) is 0 Å². The number of carbonyl (C=O) groups excluding carboxylic acids is 1. The molecule has 2 amide bonds. The molecule has 5 heteroatoms. The van der Waals surface area contributed by atoms with E-state index in [0.29, 0.717) is 24.9 Å². The lowest BCUT2D eigenvalue weighted by Gasteiger charge is -2.23. The van der Waals surface area contributed by atoms with Gasteiger partial charge in [-0.1, -0.05) is 36.4 Å². The number of rotatable bonds is 7. The molecule has 0 saturated heterocycles. The van der Waals surface area contributed by atoms with Crippen molar-refractivity contribution in [3.05, 3.63) is 59.7 Å². The van der Waals surface area contributed by atoms with Crippen LogP contribution in [-0.4, -0.2) is 35.7 Å². The van der Waals surface area contributed by atoms with Crippen molar-refractivity contribution in [3.63, 3.8) is 0 Å². The van der Waals surface area contributed by atoms with Gasteiger partial charge in [0, 0.05) is 19.1 Å². The van der Waals surface area contributed by atoms with Crippen molar-refractivity contribution in [2.24, 2.45) is 0 Å². The Bertz CT molecular complexity index is 714. The highest BCUT2D eigenvalue weighted by molar-refractivity contribution is 5.75. The molecule has 5 nitrogen and oxygen atoms in total. The van der Waals surface area contributed by atoms with E-state index in [1.807, 2.05) is 29.2 Å². The van der Waals surface area contributed by atoms with Crippen LogP contribution in [0.25, 0.3) is 0 Å². The third-order valence-electron chi connectivity index (χ3n) is 4.38. The predicted octanol–water partition coefficient (Wildman–Crippen LogP) is 3.32. The average Bonchev–Trinajstić information content (AvgIpc) is 3.46. The van der Waals surface area contributed by atoms with E-state index in [1.165, 1.54) is 12.7 Å². The summed E-state index contributed by atoms with van der Waals surface area (Å²) in [4.78, 5) is 14.4. The Morgan fingerprint density at radius 3 is 2.64 bits per heavy atom. The summed E-state index contributed by atoms with van der Waals surface area (Å²) in [5.41, 5.74) is 2.16. The Labute approximate surface area is 148 Å². The normalized spacial score (nSPS) is 13.3. The van der Waals surface area contributed by atoms with Crippen LogP contribution in [0.4, 0.5) is 4.79 Å². The van der Waals surface area contributed by atoms with Crippen molar-refractivity contribution in [1.82, 2.24) is 10.2 Å². The van der Waals surface area contributed by atoms with Gasteiger partial charge >= 0.3 is 6.03 Å². The molecule has 1 fully saturated rings. The first-order valence-corrected chi connectivity index (χ1v) is 8.61. The Balaban J connectivity index is 1.58. The Hall–Kier alpha value is -2.69. The summed E-state index contributed by atoms with van der Waals surface area (Å²) in [5, 5.41) is 12.7. The lowest BCUT2D eigenvalue weighted by atomic mass is 10.1. The molecule has 0 spiro atoms. The lowest BCUT2D eigenvalue weighted by molar-refractivity contribution is 0.192. The molecule has 0 heterocycles. The molecule has 0 bridgehead atoms. The molecule has 1 saturated carbocycles. The standard InChI is InChI=1S/C20H24N2O3/c1-25-19-13-16(7-10-18(19)23)14-22(17-8-9-17)20(24)21-12-11-15-5-3-2-4-6-15/h2-7,10,13,17,23H,8-9,11-12,14H2,1H3,(H,21,24). The van der Waals surface area contributed by atoms with E-state index in [9.17, 15) is 9.90 Å². The third kappa shape index (κ3) is 4.66. The van der Waals surface area contributed by atoms with Crippen LogP contribution < -0.4 is 10.1 Å². The van der Waals surface area contributed by atoms with E-state index >= 15 is 0 Å². The minimum Gasteiger partial charge on any atom is -0.504 e. The number of ether oxygens (including phenoxy) is 1. The molecule has 25 heavy (non-hydrogen) atoms. The Kier molecular flexibility index (Phi) is 5.43. The van der Waals surface area contributed by atoms with E-state index in [4.69, 9.17) is 4.74 Å². The molecule has 132 valence electrons. The van der Waals surface area contributed by atoms with Gasteiger partial charge in [0.15, 0.2) is 11.5 Å². The number of methoxy groups -OCH3 is 1. The first-order chi connectivity index (χ1) is 12.2. The molecule has 2 aromatic rings. The first-order valence-electron chi connectivity index (χ1n) is 8.61. The number of nitrogens with one attached hydrogen (secondary N) is 1. The van der Waals surface area contributed by atoms with Crippen molar-refractivity contribution in [3.8, 4) is 11.5 Å². The van der Waals surface area contributed by atoms with Gasteiger partial charge in [0.05, 0.1) is 7.11 Å². The summed E-state index contributed by atoms with van der Waals surface area (Å²) in [7, 11) is 1.52. The van der Waals surface area contributed by atoms with Gasteiger partial charge in [-0.25, -0.2) is 4.79 Å². The predicted molar refractivity (Wildman–Crippen MR) is 96.8 cm³/mol. The molecule has 0 aromatic heterocycles. The number of hydrogen-bond donors (Lipinski definition) is 2. The lowest BCUT2D eigenvalue weighted by Crippen LogP contribution is -2.41. The molecule has 3 rings (SSSR count). The van der Waals surface area contributed by atoms with Crippen molar-refractivity contribution < 1.29 is 14.6 Å². The van der Waals surface area contributed by atoms with Gasteiger partial charge in [0.2, 0.25) is 0 Å². The van der Waals surface area contributed by atoms with Gasteiger partial charge in [-0.15, -0.1) is 0 Å². The molecule has 2 aromatic carbocycles. The zero-order valence-electron chi connectivity index (χ0n) is 14.4. The SMILES string of the molecule is COc1cc(CN(C(=O)NCCc2ccccc2)C2CC2)ccc1O. The average molecular weight is 340 g/mol. The molecular formula is C20H24N2O3. The number of aromatic hydroxyl groups is 1. The summed E-state index contributed by atoms with van der Waals surface area (Å²) in [6, 6.07) is 15.6. The summed E-state index contributed by atoms with van der Waals surface area (Å²) in [6.45, 7) is 1.13. The Morgan fingerprint density at radius 1 is 1.20 bits per heavy atom. The van der Waals surface area contributed by atoms with Crippen molar-refractivity contribution in [1.29, 1.82) is 0 Å². The van der Waals surface area contributed by atoms with E-state index in [2.05, 4.69) is 17.4 Å².